The summed E-state index contributed by atoms with van der Waals surface area (Å²) in [4.78, 5) is 48.0. The van der Waals surface area contributed by atoms with E-state index >= 15 is 4.39 Å². The molecule has 1 unspecified atom stereocenters. The fourth-order valence-electron chi connectivity index (χ4n) is 8.09. The molecule has 3 fully saturated rings. The van der Waals surface area contributed by atoms with Crippen molar-refractivity contribution in [2.24, 2.45) is 5.41 Å². The van der Waals surface area contributed by atoms with E-state index in [-0.39, 0.29) is 53.3 Å². The van der Waals surface area contributed by atoms with Crippen molar-refractivity contribution in [2.45, 2.75) is 45.2 Å². The van der Waals surface area contributed by atoms with Gasteiger partial charge in [-0.15, -0.1) is 0 Å². The zero-order chi connectivity index (χ0) is 37.3. The quantitative estimate of drug-likeness (QED) is 0.341. The third kappa shape index (κ3) is 6.33. The highest BCUT2D eigenvalue weighted by atomic mass is 35.5. The molecule has 4 aliphatic rings. The summed E-state index contributed by atoms with van der Waals surface area (Å²) < 4.78 is 56.2. The highest BCUT2D eigenvalue weighted by molar-refractivity contribution is 7.87. The van der Waals surface area contributed by atoms with Gasteiger partial charge in [0.05, 0.1) is 46.6 Å². The first-order valence-electron chi connectivity index (χ1n) is 17.5. The Morgan fingerprint density at radius 2 is 1.85 bits per heavy atom. The molecule has 4 heterocycles. The van der Waals surface area contributed by atoms with E-state index in [0.717, 1.165) is 56.2 Å². The van der Waals surface area contributed by atoms with E-state index in [1.165, 1.54) is 20.2 Å². The van der Waals surface area contributed by atoms with Gasteiger partial charge in [-0.2, -0.15) is 12.7 Å². The number of halogens is 2. The van der Waals surface area contributed by atoms with Gasteiger partial charge in [0.2, 0.25) is 0 Å². The molecular formula is C36H44ClFN6O7S. The monoisotopic (exact) mass is 758 g/mol. The highest BCUT2D eigenvalue weighted by Gasteiger charge is 2.51. The van der Waals surface area contributed by atoms with Crippen molar-refractivity contribution in [3.05, 3.63) is 67.3 Å². The number of aryl methyl sites for hydroxylation is 1. The first kappa shape index (κ1) is 36.6. The Morgan fingerprint density at radius 3 is 2.50 bits per heavy atom. The Morgan fingerprint density at radius 1 is 1.12 bits per heavy atom. The molecule has 13 nitrogen and oxygen atoms in total. The minimum absolute atomic E-state index is 0.0117. The molecule has 1 saturated carbocycles. The van der Waals surface area contributed by atoms with Crippen LogP contribution in [0.15, 0.2) is 27.4 Å². The zero-order valence-corrected chi connectivity index (χ0v) is 31.6. The van der Waals surface area contributed by atoms with E-state index in [1.807, 2.05) is 13.0 Å². The van der Waals surface area contributed by atoms with Crippen LogP contribution in [-0.4, -0.2) is 115 Å². The summed E-state index contributed by atoms with van der Waals surface area (Å²) in [7, 11) is 2.83. The van der Waals surface area contributed by atoms with Gasteiger partial charge in [0.15, 0.2) is 0 Å². The van der Waals surface area contributed by atoms with Gasteiger partial charge in [-0.05, 0) is 62.4 Å². The number of rotatable bonds is 8. The summed E-state index contributed by atoms with van der Waals surface area (Å²) in [6.07, 6.45) is 3.27. The minimum atomic E-state index is -4.12. The Bertz CT molecular complexity index is 2130. The van der Waals surface area contributed by atoms with Gasteiger partial charge in [-0.1, -0.05) is 18.0 Å². The third-order valence-corrected chi connectivity index (χ3v) is 13.0. The lowest BCUT2D eigenvalue weighted by Crippen LogP contribution is -2.63. The van der Waals surface area contributed by atoms with E-state index < -0.39 is 33.5 Å². The number of carbonyl (C=O) groups is 2. The van der Waals surface area contributed by atoms with Gasteiger partial charge in [-0.3, -0.25) is 14.5 Å². The van der Waals surface area contributed by atoms with E-state index in [4.69, 9.17) is 20.8 Å². The van der Waals surface area contributed by atoms with Crippen molar-refractivity contribution in [1.29, 1.82) is 0 Å². The number of amides is 2. The van der Waals surface area contributed by atoms with Gasteiger partial charge in [0.25, 0.3) is 11.8 Å². The lowest BCUT2D eigenvalue weighted by Gasteiger charge is -2.54. The molecule has 7 rings (SSSR count). The fourth-order valence-corrected chi connectivity index (χ4v) is 9.76. The van der Waals surface area contributed by atoms with Gasteiger partial charge in [0.1, 0.15) is 11.4 Å². The van der Waals surface area contributed by atoms with E-state index in [2.05, 4.69) is 21.6 Å². The molecule has 1 aromatic heterocycles. The second-order valence-corrected chi connectivity index (χ2v) is 16.9. The van der Waals surface area contributed by atoms with Crippen LogP contribution in [0.5, 0.6) is 0 Å². The molecule has 0 radical (unpaired) electrons. The van der Waals surface area contributed by atoms with Crippen LogP contribution in [0.1, 0.15) is 56.7 Å². The normalized spacial score (nSPS) is 20.4. The fraction of sp³-hybridized carbons (Fsp3) is 0.528. The average Bonchev–Trinajstić information content (AvgIpc) is 3.05. The van der Waals surface area contributed by atoms with Crippen LogP contribution < -0.4 is 20.1 Å². The summed E-state index contributed by atoms with van der Waals surface area (Å²) >= 11 is 6.93. The van der Waals surface area contributed by atoms with Gasteiger partial charge in [-0.25, -0.2) is 13.9 Å². The molecule has 2 amide bonds. The van der Waals surface area contributed by atoms with Crippen LogP contribution in [0.4, 0.5) is 15.8 Å². The molecule has 2 aromatic carbocycles. The predicted molar refractivity (Wildman–Crippen MR) is 196 cm³/mol. The average molecular weight is 759 g/mol. The Balaban J connectivity index is 1.13. The standard InChI is InChI=1S/C36H44ClFN6O7S/c1-21-29(42-12-11-41(4)22(16-42)18-50-5)15-27(37)31-23-7-10-43(17-26(23)35(47)51-32(21)31)34(46)24-14-30(40(2)3)25(13-28(24)38)33(45)39-52(48,49)44-19-36(20-44)8-6-9-36/h13-15,22H,6-12,16-20H2,1-5H3,(H,39,45). The minimum Gasteiger partial charge on any atom is -0.422 e. The number of methoxy groups -OCH3 is 1. The molecule has 52 heavy (non-hydrogen) atoms. The summed E-state index contributed by atoms with van der Waals surface area (Å²) in [5.74, 6) is -2.67. The molecule has 3 aromatic rings. The molecular weight excluding hydrogens is 715 g/mol. The van der Waals surface area contributed by atoms with E-state index in [1.54, 1.807) is 21.2 Å². The summed E-state index contributed by atoms with van der Waals surface area (Å²) in [5.41, 5.74) is 2.07. The van der Waals surface area contributed by atoms with Gasteiger partial charge < -0.3 is 23.9 Å². The number of hydrogen-bond donors (Lipinski definition) is 1. The summed E-state index contributed by atoms with van der Waals surface area (Å²) in [6.45, 7) is 5.54. The Hall–Kier alpha value is -3.76. The molecule has 16 heteroatoms. The molecule has 1 atom stereocenters. The topological polar surface area (TPSA) is 136 Å². The molecule has 1 aliphatic carbocycles. The number of carbonyl (C=O) groups excluding carboxylic acids is 2. The molecule has 280 valence electrons. The number of nitrogens with one attached hydrogen (secondary N) is 1. The molecule has 1 N–H and O–H groups in total. The van der Waals surface area contributed by atoms with Crippen molar-refractivity contribution >= 4 is 56.0 Å². The second kappa shape index (κ2) is 13.6. The molecule has 2 saturated heterocycles. The SMILES string of the molecule is COCC1CN(c2cc(Cl)c3c4c(c(=O)oc3c2C)CN(C(=O)c2cc(N(C)C)c(C(=O)NS(=O)(=O)N3CC5(CCC5)C3)cc2F)CC4)CCN1C. The smallest absolute Gasteiger partial charge is 0.341 e. The number of fused-ring (bicyclic) bond motifs is 3. The van der Waals surface area contributed by atoms with Gasteiger partial charge >= 0.3 is 15.8 Å². The molecule has 1 spiro atoms. The number of benzene rings is 2. The lowest BCUT2D eigenvalue weighted by atomic mass is 9.65. The maximum atomic E-state index is 15.7. The number of likely N-dealkylation sites (N-methyl/N-ethyl adjacent to an activating group) is 1. The number of hydrogen-bond acceptors (Lipinski definition) is 10. The Labute approximate surface area is 307 Å². The maximum Gasteiger partial charge on any atom is 0.341 e. The van der Waals surface area contributed by atoms with Crippen LogP contribution >= 0.6 is 11.6 Å². The molecule has 0 bridgehead atoms. The highest BCUT2D eigenvalue weighted by Crippen LogP contribution is 2.49. The number of anilines is 2. The summed E-state index contributed by atoms with van der Waals surface area (Å²) in [6, 6.07) is 4.21. The summed E-state index contributed by atoms with van der Waals surface area (Å²) in [5, 5.41) is 1.06. The number of ether oxygens (including phenoxy) is 1. The third-order valence-electron chi connectivity index (χ3n) is 11.3. The number of piperazine rings is 1. The van der Waals surface area contributed by atoms with Gasteiger partial charge in [0, 0.05) is 77.1 Å². The van der Waals surface area contributed by atoms with Crippen LogP contribution in [0.25, 0.3) is 11.0 Å². The maximum absolute atomic E-state index is 15.7. The first-order chi connectivity index (χ1) is 24.6. The lowest BCUT2D eigenvalue weighted by molar-refractivity contribution is -0.00859. The zero-order valence-electron chi connectivity index (χ0n) is 30.1. The van der Waals surface area contributed by atoms with E-state index in [9.17, 15) is 22.8 Å². The largest absolute Gasteiger partial charge is 0.422 e. The van der Waals surface area contributed by atoms with Crippen molar-refractivity contribution in [3.63, 3.8) is 0 Å². The Kier molecular flexibility index (Phi) is 9.56. The first-order valence-corrected chi connectivity index (χ1v) is 19.3. The van der Waals surface area contributed by atoms with Crippen molar-refractivity contribution < 1.29 is 31.6 Å². The predicted octanol–water partition coefficient (Wildman–Crippen LogP) is 3.39. The van der Waals surface area contributed by atoms with Crippen LogP contribution in [0.3, 0.4) is 0 Å². The van der Waals surface area contributed by atoms with Crippen LogP contribution in [0, 0.1) is 18.2 Å². The van der Waals surface area contributed by atoms with Crippen molar-refractivity contribution in [2.75, 3.05) is 83.9 Å². The van der Waals surface area contributed by atoms with E-state index in [0.29, 0.717) is 41.3 Å². The second-order valence-electron chi connectivity index (χ2n) is 14.9. The molecule has 3 aliphatic heterocycles. The van der Waals surface area contributed by atoms with Crippen molar-refractivity contribution in [1.82, 2.24) is 18.8 Å². The van der Waals surface area contributed by atoms with Crippen LogP contribution in [0.2, 0.25) is 5.02 Å². The van der Waals surface area contributed by atoms with Crippen molar-refractivity contribution in [3.8, 4) is 0 Å². The number of nitrogens with zero attached hydrogens (tertiary/aromatic N) is 5. The van der Waals surface area contributed by atoms with Crippen LogP contribution in [-0.2, 0) is 27.9 Å².